The maximum atomic E-state index is 9.86. The molecule has 0 aromatic carbocycles. The summed E-state index contributed by atoms with van der Waals surface area (Å²) in [6.07, 6.45) is -5.64. The number of carbonyl (C=O) groups excluding carboxylic acids is 1. The van der Waals surface area contributed by atoms with Gasteiger partial charge in [0.15, 0.2) is 0 Å². The molecule has 2 radical (unpaired) electrons. The Bertz CT molecular complexity index is 168. The Kier molecular flexibility index (Phi) is 33.2. The molecule has 11 heteroatoms. The van der Waals surface area contributed by atoms with Crippen molar-refractivity contribution in [2.45, 2.75) is 0 Å². The molecule has 0 bridgehead atoms. The van der Waals surface area contributed by atoms with Crippen molar-refractivity contribution >= 4 is 56.2 Å². The van der Waals surface area contributed by atoms with Crippen molar-refractivity contribution in [1.82, 2.24) is 0 Å². The molecule has 0 heterocycles. The van der Waals surface area contributed by atoms with Crippen LogP contribution in [0.4, 0.5) is 14.4 Å². The second kappa shape index (κ2) is 15.9. The van der Waals surface area contributed by atoms with Crippen molar-refractivity contribution in [3.05, 3.63) is 0 Å². The molecule has 0 atom stereocenters. The van der Waals surface area contributed by atoms with E-state index >= 15 is 0 Å². The molecule has 0 aliphatic rings. The molecule has 0 aromatic rings. The third kappa shape index (κ3) is 22.9. The van der Waals surface area contributed by atoms with Crippen molar-refractivity contribution in [2.24, 2.45) is 0 Å². The van der Waals surface area contributed by atoms with Gasteiger partial charge in [-0.05, 0) is 0 Å². The Balaban J connectivity index is -0.0000000675. The molecule has 7 nitrogen and oxygen atoms in total. The van der Waals surface area contributed by atoms with Crippen molar-refractivity contribution in [3.8, 4) is 0 Å². The van der Waals surface area contributed by atoms with E-state index in [9.17, 15) is 14.4 Å². The SMILES string of the molecule is O=C(O)OC(=O)OC(=O)O.[LiH].[LiH].[Mn].[Mn]. The predicted molar refractivity (Wildman–Crippen MR) is 37.9 cm³/mol. The van der Waals surface area contributed by atoms with Crippen LogP contribution in [0.5, 0.6) is 0 Å². The largest absolute Gasteiger partial charge is 0 e. The maximum Gasteiger partial charge on any atom is 0 e. The van der Waals surface area contributed by atoms with E-state index in [-0.39, 0.29) is 71.9 Å². The van der Waals surface area contributed by atoms with Crippen molar-refractivity contribution < 1.29 is 68.2 Å². The summed E-state index contributed by atoms with van der Waals surface area (Å²) < 4.78 is 6.47. The van der Waals surface area contributed by atoms with Crippen molar-refractivity contribution in [1.29, 1.82) is 0 Å². The van der Waals surface area contributed by atoms with E-state index in [2.05, 4.69) is 9.47 Å². The number of rotatable bonds is 0. The average Bonchev–Trinajstić information content (AvgIpc) is 1.58. The molecule has 2 N–H and O–H groups in total. The van der Waals surface area contributed by atoms with Crippen LogP contribution in [0.2, 0.25) is 0 Å². The fraction of sp³-hybridized carbons (Fsp3) is 0. The van der Waals surface area contributed by atoms with Crippen LogP contribution < -0.4 is 0 Å². The zero-order chi connectivity index (χ0) is 8.15. The molecular weight excluding hydrogens is 272 g/mol. The molecule has 0 aromatic heterocycles. The van der Waals surface area contributed by atoms with E-state index in [1.807, 2.05) is 0 Å². The van der Waals surface area contributed by atoms with Crippen LogP contribution in [-0.2, 0) is 43.6 Å². The molecule has 0 unspecified atom stereocenters. The minimum atomic E-state index is -1.92. The number of hydrogen-bond acceptors (Lipinski definition) is 5. The molecule has 0 saturated carbocycles. The van der Waals surface area contributed by atoms with Crippen LogP contribution >= 0.6 is 0 Å². The average molecular weight is 276 g/mol. The summed E-state index contributed by atoms with van der Waals surface area (Å²) in [5.74, 6) is 0. The van der Waals surface area contributed by atoms with Gasteiger partial charge in [-0.25, -0.2) is 14.4 Å². The van der Waals surface area contributed by atoms with Gasteiger partial charge in [0, 0.05) is 34.1 Å². The topological polar surface area (TPSA) is 110 Å². The van der Waals surface area contributed by atoms with E-state index in [0.717, 1.165) is 0 Å². The van der Waals surface area contributed by atoms with Crippen molar-refractivity contribution in [3.63, 3.8) is 0 Å². The minimum Gasteiger partial charge on any atom is 0 e. The summed E-state index contributed by atoms with van der Waals surface area (Å²) in [6.45, 7) is 0. The summed E-state index contributed by atoms with van der Waals surface area (Å²) in [5, 5.41) is 15.4. The Morgan fingerprint density at radius 2 is 1.00 bits per heavy atom. The molecular formula is C3H4Li2Mn2O7. The van der Waals surface area contributed by atoms with Gasteiger partial charge in [-0.15, -0.1) is 0 Å². The van der Waals surface area contributed by atoms with Gasteiger partial charge >= 0.3 is 56.2 Å². The van der Waals surface area contributed by atoms with Crippen LogP contribution in [0.15, 0.2) is 0 Å². The molecule has 0 amide bonds. The second-order valence-electron chi connectivity index (χ2n) is 0.986. The number of carbonyl (C=O) groups is 3. The third-order valence-corrected chi connectivity index (χ3v) is 0.341. The quantitative estimate of drug-likeness (QED) is 0.338. The second-order valence-corrected chi connectivity index (χ2v) is 0.986. The van der Waals surface area contributed by atoms with Gasteiger partial charge in [0.25, 0.3) is 0 Å². The molecule has 0 aliphatic carbocycles. The molecule has 0 saturated heterocycles. The molecule has 0 rings (SSSR count). The fourth-order valence-corrected chi connectivity index (χ4v) is 0.163. The monoisotopic (exact) mass is 276 g/mol. The molecule has 14 heavy (non-hydrogen) atoms. The molecule has 0 aliphatic heterocycles. The Labute approximate surface area is 124 Å². The third-order valence-electron chi connectivity index (χ3n) is 0.341. The van der Waals surface area contributed by atoms with Gasteiger partial charge in [-0.3, -0.25) is 0 Å². The molecule has 74 valence electrons. The van der Waals surface area contributed by atoms with E-state index < -0.39 is 18.5 Å². The van der Waals surface area contributed by atoms with E-state index in [1.165, 1.54) is 0 Å². The first-order valence-corrected chi connectivity index (χ1v) is 1.88. The Morgan fingerprint density at radius 3 is 1.14 bits per heavy atom. The normalized spacial score (nSPS) is 5.71. The zero-order valence-corrected chi connectivity index (χ0v) is 7.55. The summed E-state index contributed by atoms with van der Waals surface area (Å²) in [7, 11) is 0. The summed E-state index contributed by atoms with van der Waals surface area (Å²) in [6, 6.07) is 0. The van der Waals surface area contributed by atoms with Gasteiger partial charge in [-0.1, -0.05) is 0 Å². The summed E-state index contributed by atoms with van der Waals surface area (Å²) in [4.78, 5) is 28.8. The van der Waals surface area contributed by atoms with Crippen LogP contribution in [0.25, 0.3) is 0 Å². The van der Waals surface area contributed by atoms with E-state index in [0.29, 0.717) is 0 Å². The van der Waals surface area contributed by atoms with Crippen LogP contribution in [0, 0.1) is 0 Å². The summed E-state index contributed by atoms with van der Waals surface area (Å²) >= 11 is 0. The van der Waals surface area contributed by atoms with Gasteiger partial charge in [0.05, 0.1) is 0 Å². The first-order valence-electron chi connectivity index (χ1n) is 1.88. The van der Waals surface area contributed by atoms with Crippen LogP contribution in [0.3, 0.4) is 0 Å². The Hall–Kier alpha value is 0.444. The van der Waals surface area contributed by atoms with E-state index in [1.54, 1.807) is 0 Å². The first-order chi connectivity index (χ1) is 4.52. The van der Waals surface area contributed by atoms with Gasteiger partial charge < -0.3 is 19.7 Å². The molecule has 0 spiro atoms. The fourth-order valence-electron chi connectivity index (χ4n) is 0.163. The first kappa shape index (κ1) is 29.3. The van der Waals surface area contributed by atoms with E-state index in [4.69, 9.17) is 10.2 Å². The summed E-state index contributed by atoms with van der Waals surface area (Å²) in [5.41, 5.74) is 0. The number of ether oxygens (including phenoxy) is 2. The van der Waals surface area contributed by atoms with Crippen LogP contribution in [-0.4, -0.2) is 66.4 Å². The smallest absolute Gasteiger partial charge is 0 e. The predicted octanol–water partition coefficient (Wildman–Crippen LogP) is -0.806. The zero-order valence-electron chi connectivity index (χ0n) is 5.19. The van der Waals surface area contributed by atoms with Gasteiger partial charge in [0.2, 0.25) is 0 Å². The Morgan fingerprint density at radius 1 is 0.786 bits per heavy atom. The maximum absolute atomic E-state index is 9.86. The number of carboxylic acid groups (broad SMARTS) is 2. The number of hydrogen-bond donors (Lipinski definition) is 2. The minimum absolute atomic E-state index is 0. The van der Waals surface area contributed by atoms with Gasteiger partial charge in [-0.2, -0.15) is 0 Å². The van der Waals surface area contributed by atoms with Crippen LogP contribution in [0.1, 0.15) is 0 Å². The molecule has 0 fully saturated rings. The standard InChI is InChI=1S/C3H2O7.2Li.2Mn.2H/c4-1(5)9-3(8)10-2(6)7;;;;;;/h(H,4,5)(H,6,7);;;;;;. The van der Waals surface area contributed by atoms with Crippen molar-refractivity contribution in [2.75, 3.05) is 0 Å². The van der Waals surface area contributed by atoms with Gasteiger partial charge in [0.1, 0.15) is 0 Å².